The Labute approximate surface area is 90.0 Å². The number of hydrogen-bond donors (Lipinski definition) is 2. The summed E-state index contributed by atoms with van der Waals surface area (Å²) < 4.78 is 0. The van der Waals surface area contributed by atoms with Gasteiger partial charge in [-0.25, -0.2) is 0 Å². The first-order valence-electron chi connectivity index (χ1n) is 5.35. The summed E-state index contributed by atoms with van der Waals surface area (Å²) in [7, 11) is 0. The zero-order valence-electron chi connectivity index (χ0n) is 8.93. The minimum atomic E-state index is -0.627. The fourth-order valence-electron chi connectivity index (χ4n) is 2.06. The van der Waals surface area contributed by atoms with E-state index in [9.17, 15) is 10.2 Å². The number of anilines is 1. The second-order valence-corrected chi connectivity index (χ2v) is 4.16. The lowest BCUT2D eigenvalue weighted by Crippen LogP contribution is -2.46. The molecule has 2 rings (SSSR count). The minimum Gasteiger partial charge on any atom is -0.390 e. The Kier molecular flexibility index (Phi) is 2.93. The Balaban J connectivity index is 2.15. The van der Waals surface area contributed by atoms with Crippen molar-refractivity contribution in [2.75, 3.05) is 18.0 Å². The molecule has 1 aliphatic heterocycles. The van der Waals surface area contributed by atoms with Gasteiger partial charge in [-0.1, -0.05) is 18.2 Å². The largest absolute Gasteiger partial charge is 0.390 e. The van der Waals surface area contributed by atoms with Gasteiger partial charge in [0.15, 0.2) is 0 Å². The molecule has 1 fully saturated rings. The van der Waals surface area contributed by atoms with Gasteiger partial charge in [0.1, 0.15) is 0 Å². The number of aryl methyl sites for hydroxylation is 1. The van der Waals surface area contributed by atoms with Crippen LogP contribution in [0, 0.1) is 6.92 Å². The van der Waals surface area contributed by atoms with Crippen molar-refractivity contribution in [2.45, 2.75) is 25.6 Å². The van der Waals surface area contributed by atoms with Gasteiger partial charge in [0.2, 0.25) is 0 Å². The normalized spacial score (nSPS) is 26.7. The first-order valence-corrected chi connectivity index (χ1v) is 5.35. The molecular weight excluding hydrogens is 190 g/mol. The van der Waals surface area contributed by atoms with Crippen molar-refractivity contribution in [1.82, 2.24) is 0 Å². The molecule has 0 aromatic heterocycles. The van der Waals surface area contributed by atoms with E-state index in [4.69, 9.17) is 0 Å². The zero-order valence-corrected chi connectivity index (χ0v) is 8.93. The van der Waals surface area contributed by atoms with E-state index < -0.39 is 12.2 Å². The van der Waals surface area contributed by atoms with E-state index in [0.717, 1.165) is 12.2 Å². The number of nitrogens with zero attached hydrogens (tertiary/aromatic N) is 1. The maximum atomic E-state index is 9.61. The molecule has 15 heavy (non-hydrogen) atoms. The fourth-order valence-corrected chi connectivity index (χ4v) is 2.06. The van der Waals surface area contributed by atoms with Crippen LogP contribution in [-0.2, 0) is 0 Å². The standard InChI is InChI=1S/C12H17NO2/c1-9-4-2-3-5-10(9)13-7-6-11(14)12(15)8-13/h2-5,11-12,14-15H,6-8H2,1H3/t11-,12+/m0/s1. The third-order valence-electron chi connectivity index (χ3n) is 3.00. The molecule has 1 aliphatic rings. The highest BCUT2D eigenvalue weighted by atomic mass is 16.3. The van der Waals surface area contributed by atoms with Crippen LogP contribution in [0.25, 0.3) is 0 Å². The van der Waals surface area contributed by atoms with Gasteiger partial charge in [0.25, 0.3) is 0 Å². The molecule has 0 spiro atoms. The van der Waals surface area contributed by atoms with Gasteiger partial charge in [0.05, 0.1) is 12.2 Å². The van der Waals surface area contributed by atoms with Gasteiger partial charge in [-0.15, -0.1) is 0 Å². The molecule has 1 saturated heterocycles. The predicted octanol–water partition coefficient (Wildman–Crippen LogP) is 0.927. The van der Waals surface area contributed by atoms with Crippen LogP contribution in [0.3, 0.4) is 0 Å². The average molecular weight is 207 g/mol. The average Bonchev–Trinajstić information content (AvgIpc) is 2.23. The van der Waals surface area contributed by atoms with Gasteiger partial charge in [0, 0.05) is 18.8 Å². The molecule has 0 amide bonds. The summed E-state index contributed by atoms with van der Waals surface area (Å²) in [6.45, 7) is 3.39. The van der Waals surface area contributed by atoms with Crippen molar-refractivity contribution in [3.63, 3.8) is 0 Å². The van der Waals surface area contributed by atoms with Crippen molar-refractivity contribution in [2.24, 2.45) is 0 Å². The number of hydrogen-bond acceptors (Lipinski definition) is 3. The third kappa shape index (κ3) is 2.13. The molecule has 2 atom stereocenters. The lowest BCUT2D eigenvalue weighted by molar-refractivity contribution is 0.00800. The highest BCUT2D eigenvalue weighted by molar-refractivity contribution is 5.53. The molecule has 1 heterocycles. The summed E-state index contributed by atoms with van der Waals surface area (Å²) in [5.41, 5.74) is 2.37. The van der Waals surface area contributed by atoms with E-state index in [1.165, 1.54) is 5.56 Å². The molecule has 0 unspecified atom stereocenters. The van der Waals surface area contributed by atoms with E-state index in [1.807, 2.05) is 12.1 Å². The summed E-state index contributed by atoms with van der Waals surface area (Å²) in [5.74, 6) is 0. The maximum absolute atomic E-state index is 9.61. The molecular formula is C12H17NO2. The van der Waals surface area contributed by atoms with Crippen LogP contribution in [0.4, 0.5) is 5.69 Å². The topological polar surface area (TPSA) is 43.7 Å². The van der Waals surface area contributed by atoms with Crippen molar-refractivity contribution in [1.29, 1.82) is 0 Å². The maximum Gasteiger partial charge on any atom is 0.0974 e. The highest BCUT2D eigenvalue weighted by Crippen LogP contribution is 2.23. The van der Waals surface area contributed by atoms with Gasteiger partial charge in [-0.3, -0.25) is 0 Å². The van der Waals surface area contributed by atoms with Crippen LogP contribution in [0.1, 0.15) is 12.0 Å². The van der Waals surface area contributed by atoms with Crippen LogP contribution in [-0.4, -0.2) is 35.5 Å². The molecule has 3 heteroatoms. The number of aliphatic hydroxyl groups is 2. The Morgan fingerprint density at radius 2 is 1.93 bits per heavy atom. The summed E-state index contributed by atoms with van der Waals surface area (Å²) in [4.78, 5) is 2.13. The van der Waals surface area contributed by atoms with Crippen LogP contribution < -0.4 is 4.90 Å². The Hall–Kier alpha value is -1.06. The molecule has 2 N–H and O–H groups in total. The SMILES string of the molecule is Cc1ccccc1N1CC[C@H](O)[C@H](O)C1. The third-order valence-corrected chi connectivity index (χ3v) is 3.00. The molecule has 82 valence electrons. The van der Waals surface area contributed by atoms with Gasteiger partial charge in [-0.2, -0.15) is 0 Å². The highest BCUT2D eigenvalue weighted by Gasteiger charge is 2.26. The van der Waals surface area contributed by atoms with Crippen LogP contribution in [0.5, 0.6) is 0 Å². The fraction of sp³-hybridized carbons (Fsp3) is 0.500. The van der Waals surface area contributed by atoms with E-state index in [2.05, 4.69) is 24.0 Å². The summed E-state index contributed by atoms with van der Waals surface area (Å²) in [5, 5.41) is 19.0. The second-order valence-electron chi connectivity index (χ2n) is 4.16. The Bertz CT molecular complexity index is 340. The van der Waals surface area contributed by atoms with E-state index in [-0.39, 0.29) is 0 Å². The van der Waals surface area contributed by atoms with Crippen LogP contribution in [0.2, 0.25) is 0 Å². The molecule has 0 aliphatic carbocycles. The molecule has 0 saturated carbocycles. The first kappa shape index (κ1) is 10.5. The van der Waals surface area contributed by atoms with E-state index in [1.54, 1.807) is 0 Å². The monoisotopic (exact) mass is 207 g/mol. The predicted molar refractivity (Wildman–Crippen MR) is 60.0 cm³/mol. The molecule has 3 nitrogen and oxygen atoms in total. The van der Waals surface area contributed by atoms with Crippen LogP contribution >= 0.6 is 0 Å². The molecule has 1 aromatic carbocycles. The number of β-amino-alcohol motifs (C(OH)–C–C–N with tert-alkyl or cyclic N) is 1. The number of para-hydroxylation sites is 1. The van der Waals surface area contributed by atoms with Crippen molar-refractivity contribution in [3.8, 4) is 0 Å². The summed E-state index contributed by atoms with van der Waals surface area (Å²) >= 11 is 0. The molecule has 0 radical (unpaired) electrons. The van der Waals surface area contributed by atoms with Gasteiger partial charge < -0.3 is 15.1 Å². The number of rotatable bonds is 1. The number of aliphatic hydroxyl groups excluding tert-OH is 2. The number of benzene rings is 1. The van der Waals surface area contributed by atoms with Crippen molar-refractivity contribution >= 4 is 5.69 Å². The molecule has 0 bridgehead atoms. The summed E-state index contributed by atoms with van der Waals surface area (Å²) in [6.07, 6.45) is -0.557. The van der Waals surface area contributed by atoms with E-state index >= 15 is 0 Å². The lowest BCUT2D eigenvalue weighted by Gasteiger charge is -2.35. The zero-order chi connectivity index (χ0) is 10.8. The Morgan fingerprint density at radius 3 is 2.60 bits per heavy atom. The quantitative estimate of drug-likeness (QED) is 0.720. The van der Waals surface area contributed by atoms with E-state index in [0.29, 0.717) is 13.0 Å². The second kappa shape index (κ2) is 4.21. The lowest BCUT2D eigenvalue weighted by atomic mass is 10.0. The minimum absolute atomic E-state index is 0.520. The number of piperidine rings is 1. The van der Waals surface area contributed by atoms with Crippen LogP contribution in [0.15, 0.2) is 24.3 Å². The Morgan fingerprint density at radius 1 is 1.20 bits per heavy atom. The smallest absolute Gasteiger partial charge is 0.0974 e. The summed E-state index contributed by atoms with van der Waals surface area (Å²) in [6, 6.07) is 8.13. The molecule has 1 aromatic rings. The van der Waals surface area contributed by atoms with Crippen molar-refractivity contribution in [3.05, 3.63) is 29.8 Å². The van der Waals surface area contributed by atoms with Gasteiger partial charge in [-0.05, 0) is 25.0 Å². The first-order chi connectivity index (χ1) is 7.18. The van der Waals surface area contributed by atoms with Crippen molar-refractivity contribution < 1.29 is 10.2 Å². The van der Waals surface area contributed by atoms with Gasteiger partial charge >= 0.3 is 0 Å².